The van der Waals surface area contributed by atoms with E-state index >= 15 is 0 Å². The van der Waals surface area contributed by atoms with Crippen LogP contribution in [-0.2, 0) is 0 Å². The molecule has 0 radical (unpaired) electrons. The molecule has 0 atom stereocenters. The summed E-state index contributed by atoms with van der Waals surface area (Å²) in [6.07, 6.45) is 3.22. The molecule has 27 heavy (non-hydrogen) atoms. The predicted molar refractivity (Wildman–Crippen MR) is 108 cm³/mol. The van der Waals surface area contributed by atoms with Gasteiger partial charge in [0.1, 0.15) is 5.69 Å². The summed E-state index contributed by atoms with van der Waals surface area (Å²) < 4.78 is 0. The topological polar surface area (TPSA) is 75.5 Å². The lowest BCUT2D eigenvalue weighted by Gasteiger charge is -2.28. The second kappa shape index (κ2) is 8.20. The third-order valence-corrected chi connectivity index (χ3v) is 4.96. The number of anilines is 2. The van der Waals surface area contributed by atoms with Crippen LogP contribution in [0, 0.1) is 10.1 Å². The molecule has 6 heteroatoms. The maximum atomic E-state index is 12.7. The van der Waals surface area contributed by atoms with Crippen LogP contribution in [0.25, 0.3) is 0 Å². The first kappa shape index (κ1) is 18.9. The van der Waals surface area contributed by atoms with E-state index in [1.54, 1.807) is 12.1 Å². The van der Waals surface area contributed by atoms with Crippen molar-refractivity contribution < 1.29 is 9.72 Å². The Morgan fingerprint density at radius 2 is 1.81 bits per heavy atom. The molecule has 1 heterocycles. The van der Waals surface area contributed by atoms with Crippen molar-refractivity contribution in [3.8, 4) is 0 Å². The Balaban J connectivity index is 1.87. The zero-order valence-electron chi connectivity index (χ0n) is 15.8. The number of amides is 1. The van der Waals surface area contributed by atoms with Crippen LogP contribution < -0.4 is 10.2 Å². The fourth-order valence-electron chi connectivity index (χ4n) is 3.52. The molecule has 0 unspecified atom stereocenters. The summed E-state index contributed by atoms with van der Waals surface area (Å²) in [5.41, 5.74) is 2.65. The van der Waals surface area contributed by atoms with Gasteiger partial charge in [0.15, 0.2) is 0 Å². The van der Waals surface area contributed by atoms with Crippen LogP contribution in [0.1, 0.15) is 54.9 Å². The van der Waals surface area contributed by atoms with E-state index in [1.807, 2.05) is 29.2 Å². The number of nitrogens with zero attached hydrogens (tertiary/aromatic N) is 2. The van der Waals surface area contributed by atoms with Crippen LogP contribution in [0.2, 0.25) is 0 Å². The third-order valence-electron chi connectivity index (χ3n) is 4.96. The minimum atomic E-state index is -0.400. The summed E-state index contributed by atoms with van der Waals surface area (Å²) in [6, 6.07) is 12.4. The number of nitro benzene ring substituents is 1. The number of piperidine rings is 1. The Morgan fingerprint density at radius 1 is 1.11 bits per heavy atom. The van der Waals surface area contributed by atoms with Gasteiger partial charge in [-0.25, -0.2) is 0 Å². The van der Waals surface area contributed by atoms with Crippen LogP contribution in [0.3, 0.4) is 0 Å². The van der Waals surface area contributed by atoms with Crippen molar-refractivity contribution in [2.24, 2.45) is 0 Å². The fourth-order valence-corrected chi connectivity index (χ4v) is 3.52. The van der Waals surface area contributed by atoms with E-state index in [0.717, 1.165) is 43.6 Å². The highest BCUT2D eigenvalue weighted by Gasteiger charge is 2.23. The number of nitrogens with one attached hydrogen (secondary N) is 1. The largest absolute Gasteiger partial charge is 0.366 e. The molecule has 1 fully saturated rings. The van der Waals surface area contributed by atoms with E-state index in [4.69, 9.17) is 0 Å². The van der Waals surface area contributed by atoms with Crippen LogP contribution in [0.5, 0.6) is 0 Å². The second-order valence-electron chi connectivity index (χ2n) is 7.20. The van der Waals surface area contributed by atoms with E-state index in [0.29, 0.717) is 11.3 Å². The van der Waals surface area contributed by atoms with Crippen molar-refractivity contribution in [3.63, 3.8) is 0 Å². The van der Waals surface area contributed by atoms with Crippen molar-refractivity contribution in [2.75, 3.05) is 23.3 Å². The van der Waals surface area contributed by atoms with E-state index in [9.17, 15) is 14.9 Å². The lowest BCUT2D eigenvalue weighted by atomic mass is 10.0. The zero-order valence-corrected chi connectivity index (χ0v) is 15.8. The van der Waals surface area contributed by atoms with E-state index in [1.165, 1.54) is 6.07 Å². The summed E-state index contributed by atoms with van der Waals surface area (Å²) in [5.74, 6) is -0.0753. The lowest BCUT2D eigenvalue weighted by molar-refractivity contribution is -0.384. The van der Waals surface area contributed by atoms with Gasteiger partial charge in [-0.15, -0.1) is 0 Å². The van der Waals surface area contributed by atoms with Gasteiger partial charge >= 0.3 is 0 Å². The number of nitro groups is 1. The van der Waals surface area contributed by atoms with Gasteiger partial charge in [-0.1, -0.05) is 32.0 Å². The average molecular weight is 367 g/mol. The number of hydrogen-bond acceptors (Lipinski definition) is 4. The Morgan fingerprint density at radius 3 is 2.48 bits per heavy atom. The smallest absolute Gasteiger partial charge is 0.293 e. The van der Waals surface area contributed by atoms with E-state index in [2.05, 4.69) is 19.2 Å². The lowest BCUT2D eigenvalue weighted by Crippen LogP contribution is -2.30. The molecule has 1 N–H and O–H groups in total. The molecule has 1 saturated heterocycles. The van der Waals surface area contributed by atoms with Gasteiger partial charge in [0.05, 0.1) is 4.92 Å². The van der Waals surface area contributed by atoms with Crippen LogP contribution in [-0.4, -0.2) is 23.9 Å². The summed E-state index contributed by atoms with van der Waals surface area (Å²) in [7, 11) is 0. The molecular formula is C21H25N3O3. The number of benzene rings is 2. The fraction of sp³-hybridized carbons (Fsp3) is 0.381. The number of rotatable bonds is 5. The maximum Gasteiger partial charge on any atom is 0.293 e. The van der Waals surface area contributed by atoms with Gasteiger partial charge in [0, 0.05) is 30.4 Å². The molecule has 0 aromatic heterocycles. The summed E-state index contributed by atoms with van der Waals surface area (Å²) >= 11 is 0. The molecule has 0 spiro atoms. The number of hydrogen-bond donors (Lipinski definition) is 1. The van der Waals surface area contributed by atoms with Crippen molar-refractivity contribution in [2.45, 2.75) is 39.0 Å². The SMILES string of the molecule is CC(C)c1ccccc1NC(=O)c1ccc(N2CCCCC2)c([N+](=O)[O-])c1. The molecule has 2 aromatic rings. The first-order valence-corrected chi connectivity index (χ1v) is 9.41. The summed E-state index contributed by atoms with van der Waals surface area (Å²) in [4.78, 5) is 25.9. The molecular weight excluding hydrogens is 342 g/mol. The summed E-state index contributed by atoms with van der Waals surface area (Å²) in [5, 5.41) is 14.5. The molecule has 6 nitrogen and oxygen atoms in total. The molecule has 0 saturated carbocycles. The standard InChI is InChI=1S/C21H25N3O3/c1-15(2)17-8-4-5-9-18(17)22-21(25)16-10-11-19(20(14-16)24(26)27)23-12-6-3-7-13-23/h4-5,8-11,14-15H,3,6-7,12-13H2,1-2H3,(H,22,25). The minimum Gasteiger partial charge on any atom is -0.366 e. The molecule has 3 rings (SSSR count). The predicted octanol–water partition coefficient (Wildman–Crippen LogP) is 4.96. The van der Waals surface area contributed by atoms with E-state index < -0.39 is 4.92 Å². The van der Waals surface area contributed by atoms with Gasteiger partial charge in [0.2, 0.25) is 0 Å². The highest BCUT2D eigenvalue weighted by atomic mass is 16.6. The minimum absolute atomic E-state index is 0.0123. The Hall–Kier alpha value is -2.89. The Kier molecular flexibility index (Phi) is 5.74. The zero-order chi connectivity index (χ0) is 19.4. The van der Waals surface area contributed by atoms with Gasteiger partial charge in [0.25, 0.3) is 11.6 Å². The molecule has 1 aliphatic rings. The molecule has 142 valence electrons. The number of carbonyl (C=O) groups excluding carboxylic acids is 1. The maximum absolute atomic E-state index is 12.7. The van der Waals surface area contributed by atoms with Gasteiger partial charge < -0.3 is 10.2 Å². The monoisotopic (exact) mass is 367 g/mol. The first-order chi connectivity index (χ1) is 13.0. The van der Waals surface area contributed by atoms with Crippen molar-refractivity contribution in [1.29, 1.82) is 0 Å². The van der Waals surface area contributed by atoms with Gasteiger partial charge in [-0.3, -0.25) is 14.9 Å². The average Bonchev–Trinajstić information content (AvgIpc) is 2.68. The quantitative estimate of drug-likeness (QED) is 0.598. The molecule has 0 bridgehead atoms. The van der Waals surface area contributed by atoms with Crippen LogP contribution in [0.15, 0.2) is 42.5 Å². The highest BCUT2D eigenvalue weighted by molar-refractivity contribution is 6.05. The third kappa shape index (κ3) is 4.27. The van der Waals surface area contributed by atoms with Crippen molar-refractivity contribution in [3.05, 3.63) is 63.7 Å². The summed E-state index contributed by atoms with van der Waals surface area (Å²) in [6.45, 7) is 5.74. The van der Waals surface area contributed by atoms with Crippen LogP contribution >= 0.6 is 0 Å². The first-order valence-electron chi connectivity index (χ1n) is 9.41. The highest BCUT2D eigenvalue weighted by Crippen LogP contribution is 2.32. The molecule has 2 aromatic carbocycles. The second-order valence-corrected chi connectivity index (χ2v) is 7.20. The molecule has 1 aliphatic heterocycles. The van der Waals surface area contributed by atoms with Crippen LogP contribution in [0.4, 0.5) is 17.1 Å². The normalized spacial score (nSPS) is 14.3. The van der Waals surface area contributed by atoms with Gasteiger partial charge in [-0.05, 0) is 48.9 Å². The number of carbonyl (C=O) groups is 1. The van der Waals surface area contributed by atoms with Crippen molar-refractivity contribution in [1.82, 2.24) is 0 Å². The van der Waals surface area contributed by atoms with Crippen molar-refractivity contribution >= 4 is 23.0 Å². The molecule has 0 aliphatic carbocycles. The van der Waals surface area contributed by atoms with E-state index in [-0.39, 0.29) is 17.5 Å². The Labute approximate surface area is 159 Å². The number of para-hydroxylation sites is 1. The van der Waals surface area contributed by atoms with Gasteiger partial charge in [-0.2, -0.15) is 0 Å². The molecule has 1 amide bonds. The Bertz CT molecular complexity index is 842.